The molecule has 0 aliphatic heterocycles. The highest BCUT2D eigenvalue weighted by atomic mass is 16.3. The minimum atomic E-state index is -0.162. The molecule has 1 rings (SSSR count). The summed E-state index contributed by atoms with van der Waals surface area (Å²) in [5, 5.41) is 5.20. The number of carbonyl (C=O) groups is 2. The first kappa shape index (κ1) is 10.3. The van der Waals surface area contributed by atoms with Crippen LogP contribution in [0.15, 0.2) is 23.0 Å². The zero-order valence-corrected chi connectivity index (χ0v) is 7.66. The van der Waals surface area contributed by atoms with Gasteiger partial charge in [0.1, 0.15) is 6.26 Å². The summed E-state index contributed by atoms with van der Waals surface area (Å²) in [6.45, 7) is 1.10. The van der Waals surface area contributed by atoms with Crippen LogP contribution in [0.5, 0.6) is 0 Å². The fourth-order valence-electron chi connectivity index (χ4n) is 0.947. The number of furan rings is 1. The summed E-state index contributed by atoms with van der Waals surface area (Å²) in [7, 11) is 0. The first-order valence-electron chi connectivity index (χ1n) is 4.32. The van der Waals surface area contributed by atoms with Crippen LogP contribution < -0.4 is 10.6 Å². The Morgan fingerprint density at radius 3 is 3.00 bits per heavy atom. The van der Waals surface area contributed by atoms with Crippen LogP contribution in [0.25, 0.3) is 0 Å². The lowest BCUT2D eigenvalue weighted by atomic mass is 10.3. The molecule has 14 heavy (non-hydrogen) atoms. The van der Waals surface area contributed by atoms with Crippen LogP contribution in [0, 0.1) is 0 Å². The van der Waals surface area contributed by atoms with E-state index < -0.39 is 0 Å². The quantitative estimate of drug-likeness (QED) is 0.502. The molecule has 0 radical (unpaired) electrons. The minimum Gasteiger partial charge on any atom is -0.472 e. The van der Waals surface area contributed by atoms with Crippen LogP contribution in [0.3, 0.4) is 0 Å². The number of nitrogens with one attached hydrogen (secondary N) is 2. The topological polar surface area (TPSA) is 71.3 Å². The van der Waals surface area contributed by atoms with Crippen LogP contribution >= 0.6 is 0 Å². The molecule has 0 aliphatic rings. The van der Waals surface area contributed by atoms with Crippen LogP contribution in [-0.4, -0.2) is 25.4 Å². The molecule has 1 aromatic rings. The Balaban J connectivity index is 2.13. The summed E-state index contributed by atoms with van der Waals surface area (Å²) in [6.07, 6.45) is 4.18. The minimum absolute atomic E-state index is 0.162. The third-order valence-electron chi connectivity index (χ3n) is 1.65. The summed E-state index contributed by atoms with van der Waals surface area (Å²) >= 11 is 0. The molecule has 5 nitrogen and oxygen atoms in total. The van der Waals surface area contributed by atoms with Crippen LogP contribution in [-0.2, 0) is 4.79 Å². The van der Waals surface area contributed by atoms with Gasteiger partial charge in [0, 0.05) is 13.1 Å². The van der Waals surface area contributed by atoms with E-state index >= 15 is 0 Å². The first-order chi connectivity index (χ1) is 6.84. The molecule has 76 valence electrons. The summed E-state index contributed by atoms with van der Waals surface area (Å²) in [6, 6.07) is 1.60. The van der Waals surface area contributed by atoms with Gasteiger partial charge in [-0.25, -0.2) is 0 Å². The highest BCUT2D eigenvalue weighted by Gasteiger charge is 2.04. The molecule has 0 fully saturated rings. The second-order valence-electron chi connectivity index (χ2n) is 2.69. The number of rotatable bonds is 6. The van der Waals surface area contributed by atoms with E-state index in [1.54, 1.807) is 6.07 Å². The average molecular weight is 196 g/mol. The molecular formula is C9H12N2O3. The zero-order chi connectivity index (χ0) is 10.2. The Kier molecular flexibility index (Phi) is 4.26. The van der Waals surface area contributed by atoms with Crippen molar-refractivity contribution in [1.29, 1.82) is 0 Å². The van der Waals surface area contributed by atoms with Gasteiger partial charge in [-0.3, -0.25) is 9.59 Å². The third kappa shape index (κ3) is 3.30. The van der Waals surface area contributed by atoms with Gasteiger partial charge in [-0.1, -0.05) is 0 Å². The number of carbonyl (C=O) groups excluding carboxylic acids is 2. The largest absolute Gasteiger partial charge is 0.472 e. The Bertz CT molecular complexity index is 282. The second kappa shape index (κ2) is 5.80. The van der Waals surface area contributed by atoms with Crippen molar-refractivity contribution in [1.82, 2.24) is 10.6 Å². The number of amides is 2. The third-order valence-corrected chi connectivity index (χ3v) is 1.65. The first-order valence-corrected chi connectivity index (χ1v) is 4.32. The highest BCUT2D eigenvalue weighted by Crippen LogP contribution is 1.98. The van der Waals surface area contributed by atoms with Crippen molar-refractivity contribution >= 4 is 12.3 Å². The molecular weight excluding hydrogens is 184 g/mol. The number of hydrogen-bond acceptors (Lipinski definition) is 3. The van der Waals surface area contributed by atoms with Gasteiger partial charge < -0.3 is 15.1 Å². The van der Waals surface area contributed by atoms with Crippen molar-refractivity contribution in [3.05, 3.63) is 24.2 Å². The van der Waals surface area contributed by atoms with E-state index in [-0.39, 0.29) is 5.91 Å². The number of hydrogen-bond donors (Lipinski definition) is 2. The molecule has 1 aromatic heterocycles. The van der Waals surface area contributed by atoms with Gasteiger partial charge in [0.25, 0.3) is 5.91 Å². The maximum atomic E-state index is 11.3. The monoisotopic (exact) mass is 196 g/mol. The SMILES string of the molecule is O=CNCCCNC(=O)c1ccoc1. The Morgan fingerprint density at radius 2 is 2.36 bits per heavy atom. The molecule has 0 saturated heterocycles. The summed E-state index contributed by atoms with van der Waals surface area (Å²) < 4.78 is 4.76. The summed E-state index contributed by atoms with van der Waals surface area (Å²) in [5.74, 6) is -0.162. The molecule has 5 heteroatoms. The Hall–Kier alpha value is -1.78. The van der Waals surface area contributed by atoms with Gasteiger partial charge in [-0.15, -0.1) is 0 Å². The van der Waals surface area contributed by atoms with Gasteiger partial charge in [-0.05, 0) is 12.5 Å². The maximum Gasteiger partial charge on any atom is 0.254 e. The molecule has 2 N–H and O–H groups in total. The van der Waals surface area contributed by atoms with Gasteiger partial charge in [-0.2, -0.15) is 0 Å². The van der Waals surface area contributed by atoms with E-state index in [1.807, 2.05) is 0 Å². The van der Waals surface area contributed by atoms with Gasteiger partial charge >= 0.3 is 0 Å². The van der Waals surface area contributed by atoms with E-state index in [2.05, 4.69) is 10.6 Å². The highest BCUT2D eigenvalue weighted by molar-refractivity contribution is 5.93. The lowest BCUT2D eigenvalue weighted by Gasteiger charge is -2.02. The lowest BCUT2D eigenvalue weighted by molar-refractivity contribution is -0.109. The summed E-state index contributed by atoms with van der Waals surface area (Å²) in [4.78, 5) is 21.2. The van der Waals surface area contributed by atoms with Gasteiger partial charge in [0.05, 0.1) is 11.8 Å². The molecule has 0 saturated carbocycles. The van der Waals surface area contributed by atoms with Crippen molar-refractivity contribution in [2.75, 3.05) is 13.1 Å². The lowest BCUT2D eigenvalue weighted by Crippen LogP contribution is -2.26. The molecule has 0 spiro atoms. The normalized spacial score (nSPS) is 9.43. The fourth-order valence-corrected chi connectivity index (χ4v) is 0.947. The maximum absolute atomic E-state index is 11.3. The van der Waals surface area contributed by atoms with Crippen LogP contribution in [0.1, 0.15) is 16.8 Å². The van der Waals surface area contributed by atoms with Gasteiger partial charge in [0.2, 0.25) is 6.41 Å². The van der Waals surface area contributed by atoms with Crippen LogP contribution in [0.2, 0.25) is 0 Å². The van der Waals surface area contributed by atoms with E-state index in [1.165, 1.54) is 12.5 Å². The molecule has 0 bridgehead atoms. The molecule has 0 aromatic carbocycles. The predicted octanol–water partition coefficient (Wildman–Crippen LogP) is 0.145. The fraction of sp³-hybridized carbons (Fsp3) is 0.333. The second-order valence-corrected chi connectivity index (χ2v) is 2.69. The molecule has 1 heterocycles. The smallest absolute Gasteiger partial charge is 0.254 e. The van der Waals surface area contributed by atoms with Crippen molar-refractivity contribution < 1.29 is 14.0 Å². The van der Waals surface area contributed by atoms with E-state index in [4.69, 9.17) is 4.42 Å². The van der Waals surface area contributed by atoms with Crippen molar-refractivity contribution in [3.8, 4) is 0 Å². The summed E-state index contributed by atoms with van der Waals surface area (Å²) in [5.41, 5.74) is 0.508. The molecule has 2 amide bonds. The van der Waals surface area contributed by atoms with Crippen molar-refractivity contribution in [2.45, 2.75) is 6.42 Å². The van der Waals surface area contributed by atoms with E-state index in [0.29, 0.717) is 31.5 Å². The molecule has 0 aliphatic carbocycles. The van der Waals surface area contributed by atoms with Crippen molar-refractivity contribution in [2.24, 2.45) is 0 Å². The Morgan fingerprint density at radius 1 is 1.50 bits per heavy atom. The average Bonchev–Trinajstić information content (AvgIpc) is 2.70. The zero-order valence-electron chi connectivity index (χ0n) is 7.66. The molecule has 0 atom stereocenters. The Labute approximate surface area is 81.5 Å². The predicted molar refractivity (Wildman–Crippen MR) is 49.7 cm³/mol. The standard InChI is InChI=1S/C9H12N2O3/c12-7-10-3-1-4-11-9(13)8-2-5-14-6-8/h2,5-7H,1,3-4H2,(H,10,12)(H,11,13). The van der Waals surface area contributed by atoms with E-state index in [0.717, 1.165) is 0 Å². The van der Waals surface area contributed by atoms with Gasteiger partial charge in [0.15, 0.2) is 0 Å². The van der Waals surface area contributed by atoms with E-state index in [9.17, 15) is 9.59 Å². The van der Waals surface area contributed by atoms with Crippen molar-refractivity contribution in [3.63, 3.8) is 0 Å². The van der Waals surface area contributed by atoms with Crippen LogP contribution in [0.4, 0.5) is 0 Å². The molecule has 0 unspecified atom stereocenters.